The third-order valence-corrected chi connectivity index (χ3v) is 3.29. The lowest BCUT2D eigenvalue weighted by molar-refractivity contribution is 0.102. The molecule has 0 aliphatic carbocycles. The van der Waals surface area contributed by atoms with E-state index in [2.05, 4.69) is 25.8 Å². The first-order valence-corrected chi connectivity index (χ1v) is 7.45. The third-order valence-electron chi connectivity index (χ3n) is 3.29. The smallest absolute Gasteiger partial charge is 0.255 e. The lowest BCUT2D eigenvalue weighted by Crippen LogP contribution is -2.12. The van der Waals surface area contributed by atoms with E-state index in [1.807, 2.05) is 6.92 Å². The molecule has 0 radical (unpaired) electrons. The molecule has 0 fully saturated rings. The number of nitrogens with one attached hydrogen (secondary N) is 1. The van der Waals surface area contributed by atoms with Gasteiger partial charge in [-0.1, -0.05) is 6.07 Å². The molecule has 8 nitrogen and oxygen atoms in total. The Balaban J connectivity index is 1.66. The van der Waals surface area contributed by atoms with Crippen LogP contribution in [-0.2, 0) is 13.2 Å². The second-order valence-corrected chi connectivity index (χ2v) is 4.92. The number of hydrogen-bond acceptors (Lipinski definition) is 6. The maximum Gasteiger partial charge on any atom is 0.255 e. The van der Waals surface area contributed by atoms with Gasteiger partial charge in [0, 0.05) is 18.3 Å². The molecule has 0 aliphatic heterocycles. The van der Waals surface area contributed by atoms with Crippen LogP contribution < -0.4 is 10.1 Å². The molecule has 0 saturated heterocycles. The first-order chi connectivity index (χ1) is 11.8. The molecule has 2 heterocycles. The second kappa shape index (κ2) is 7.32. The molecule has 0 unspecified atom stereocenters. The Morgan fingerprint density at radius 3 is 3.00 bits per heavy atom. The number of tetrazole rings is 1. The molecule has 1 amide bonds. The minimum Gasteiger partial charge on any atom is -0.486 e. The van der Waals surface area contributed by atoms with Crippen molar-refractivity contribution in [3.8, 4) is 5.75 Å². The molecule has 1 N–H and O–H groups in total. The van der Waals surface area contributed by atoms with Gasteiger partial charge in [0.1, 0.15) is 12.4 Å². The van der Waals surface area contributed by atoms with Crippen LogP contribution in [0.3, 0.4) is 0 Å². The van der Waals surface area contributed by atoms with Gasteiger partial charge >= 0.3 is 0 Å². The zero-order valence-electron chi connectivity index (χ0n) is 13.1. The fourth-order valence-corrected chi connectivity index (χ4v) is 2.09. The van der Waals surface area contributed by atoms with E-state index in [1.54, 1.807) is 53.5 Å². The SMILES string of the molecule is CCn1nnnc1COc1cccc(C(=O)Nc2cccnc2)c1. The molecule has 3 aromatic rings. The molecule has 2 aromatic heterocycles. The monoisotopic (exact) mass is 324 g/mol. The number of rotatable bonds is 6. The molecule has 0 bridgehead atoms. The van der Waals surface area contributed by atoms with Crippen LogP contribution in [0.15, 0.2) is 48.8 Å². The number of nitrogens with zero attached hydrogens (tertiary/aromatic N) is 5. The molecule has 122 valence electrons. The number of amides is 1. The Morgan fingerprint density at radius 1 is 1.29 bits per heavy atom. The van der Waals surface area contributed by atoms with E-state index in [9.17, 15) is 4.79 Å². The summed E-state index contributed by atoms with van der Waals surface area (Å²) >= 11 is 0. The Hall–Kier alpha value is -3.29. The summed E-state index contributed by atoms with van der Waals surface area (Å²) in [6.07, 6.45) is 3.23. The van der Waals surface area contributed by atoms with Crippen molar-refractivity contribution >= 4 is 11.6 Å². The first-order valence-electron chi connectivity index (χ1n) is 7.45. The number of hydrogen-bond donors (Lipinski definition) is 1. The van der Waals surface area contributed by atoms with E-state index in [0.29, 0.717) is 29.4 Å². The zero-order valence-corrected chi connectivity index (χ0v) is 13.1. The van der Waals surface area contributed by atoms with Crippen LogP contribution in [0, 0.1) is 0 Å². The first kappa shape index (κ1) is 15.6. The van der Waals surface area contributed by atoms with Crippen LogP contribution in [0.1, 0.15) is 23.1 Å². The Morgan fingerprint density at radius 2 is 2.21 bits per heavy atom. The average molecular weight is 324 g/mol. The molecular formula is C16H16N6O2. The summed E-state index contributed by atoms with van der Waals surface area (Å²) in [6.45, 7) is 2.84. The van der Waals surface area contributed by atoms with Gasteiger partial charge in [0.15, 0.2) is 5.82 Å². The topological polar surface area (TPSA) is 94.8 Å². The molecule has 0 aliphatic rings. The third kappa shape index (κ3) is 3.72. The number of ether oxygens (including phenoxy) is 1. The van der Waals surface area contributed by atoms with Gasteiger partial charge in [-0.15, -0.1) is 5.10 Å². The van der Waals surface area contributed by atoms with Crippen molar-refractivity contribution in [2.45, 2.75) is 20.1 Å². The summed E-state index contributed by atoms with van der Waals surface area (Å²) in [5.74, 6) is 0.967. The van der Waals surface area contributed by atoms with Crippen molar-refractivity contribution in [3.63, 3.8) is 0 Å². The highest BCUT2D eigenvalue weighted by atomic mass is 16.5. The van der Waals surface area contributed by atoms with Crippen molar-refractivity contribution in [2.75, 3.05) is 5.32 Å². The number of anilines is 1. The molecule has 8 heteroatoms. The summed E-state index contributed by atoms with van der Waals surface area (Å²) < 4.78 is 7.33. The minimum absolute atomic E-state index is 0.230. The highest BCUT2D eigenvalue weighted by molar-refractivity contribution is 6.04. The standard InChI is InChI=1S/C16H16N6O2/c1-2-22-15(19-20-21-22)11-24-14-7-3-5-12(9-14)16(23)18-13-6-4-8-17-10-13/h3-10H,2,11H2,1H3,(H,18,23). The van der Waals surface area contributed by atoms with Crippen LogP contribution in [0.5, 0.6) is 5.75 Å². The zero-order chi connectivity index (χ0) is 16.8. The van der Waals surface area contributed by atoms with Gasteiger partial charge in [-0.25, -0.2) is 4.68 Å². The lowest BCUT2D eigenvalue weighted by atomic mass is 10.2. The van der Waals surface area contributed by atoms with Crippen molar-refractivity contribution in [3.05, 3.63) is 60.2 Å². The molecule has 24 heavy (non-hydrogen) atoms. The van der Waals surface area contributed by atoms with E-state index in [1.165, 1.54) is 0 Å². The van der Waals surface area contributed by atoms with E-state index in [4.69, 9.17) is 4.74 Å². The highest BCUT2D eigenvalue weighted by Crippen LogP contribution is 2.16. The number of aryl methyl sites for hydroxylation is 1. The number of pyridine rings is 1. The van der Waals surface area contributed by atoms with E-state index in [-0.39, 0.29) is 12.5 Å². The van der Waals surface area contributed by atoms with Crippen molar-refractivity contribution in [1.29, 1.82) is 0 Å². The van der Waals surface area contributed by atoms with E-state index < -0.39 is 0 Å². The van der Waals surface area contributed by atoms with E-state index in [0.717, 1.165) is 0 Å². The molecule has 0 spiro atoms. The predicted molar refractivity (Wildman–Crippen MR) is 86.5 cm³/mol. The molecule has 0 saturated carbocycles. The summed E-state index contributed by atoms with van der Waals surface area (Å²) in [4.78, 5) is 16.2. The number of carbonyl (C=O) groups excluding carboxylic acids is 1. The average Bonchev–Trinajstić information content (AvgIpc) is 3.08. The van der Waals surface area contributed by atoms with Crippen LogP contribution in [0.2, 0.25) is 0 Å². The largest absolute Gasteiger partial charge is 0.486 e. The summed E-state index contributed by atoms with van der Waals surface area (Å²) in [5, 5.41) is 14.1. The maximum atomic E-state index is 12.3. The molecular weight excluding hydrogens is 308 g/mol. The molecule has 3 rings (SSSR count). The maximum absolute atomic E-state index is 12.3. The van der Waals surface area contributed by atoms with Crippen LogP contribution in [0.25, 0.3) is 0 Å². The van der Waals surface area contributed by atoms with E-state index >= 15 is 0 Å². The highest BCUT2D eigenvalue weighted by Gasteiger charge is 2.09. The van der Waals surface area contributed by atoms with Crippen molar-refractivity contribution < 1.29 is 9.53 Å². The normalized spacial score (nSPS) is 10.4. The van der Waals surface area contributed by atoms with Crippen molar-refractivity contribution in [2.24, 2.45) is 0 Å². The summed E-state index contributed by atoms with van der Waals surface area (Å²) in [5.41, 5.74) is 1.13. The Kier molecular flexibility index (Phi) is 4.76. The van der Waals surface area contributed by atoms with Crippen LogP contribution >= 0.6 is 0 Å². The number of benzene rings is 1. The molecule has 1 aromatic carbocycles. The van der Waals surface area contributed by atoms with Gasteiger partial charge in [-0.2, -0.15) is 0 Å². The van der Waals surface area contributed by atoms with Gasteiger partial charge < -0.3 is 10.1 Å². The molecule has 0 atom stereocenters. The minimum atomic E-state index is -0.230. The van der Waals surface area contributed by atoms with Crippen LogP contribution in [0.4, 0.5) is 5.69 Å². The van der Waals surface area contributed by atoms with Gasteiger partial charge in [-0.3, -0.25) is 9.78 Å². The van der Waals surface area contributed by atoms with Crippen LogP contribution in [-0.4, -0.2) is 31.1 Å². The lowest BCUT2D eigenvalue weighted by Gasteiger charge is -2.08. The van der Waals surface area contributed by atoms with Gasteiger partial charge in [0.2, 0.25) is 0 Å². The van der Waals surface area contributed by atoms with Gasteiger partial charge in [0.25, 0.3) is 5.91 Å². The quantitative estimate of drug-likeness (QED) is 0.744. The number of aromatic nitrogens is 5. The Bertz CT molecular complexity index is 818. The van der Waals surface area contributed by atoms with Crippen molar-refractivity contribution in [1.82, 2.24) is 25.2 Å². The second-order valence-electron chi connectivity index (χ2n) is 4.92. The fraction of sp³-hybridized carbons (Fsp3) is 0.188. The van der Waals surface area contributed by atoms with Gasteiger partial charge in [-0.05, 0) is 47.7 Å². The number of carbonyl (C=O) groups is 1. The Labute approximate surface area is 138 Å². The summed E-state index contributed by atoms with van der Waals surface area (Å²) in [6, 6.07) is 10.5. The summed E-state index contributed by atoms with van der Waals surface area (Å²) in [7, 11) is 0. The van der Waals surface area contributed by atoms with Gasteiger partial charge in [0.05, 0.1) is 11.9 Å². The predicted octanol–water partition coefficient (Wildman–Crippen LogP) is 1.92. The fourth-order valence-electron chi connectivity index (χ4n) is 2.09.